The van der Waals surface area contributed by atoms with E-state index in [1.54, 1.807) is 33.0 Å². The first kappa shape index (κ1) is 15.1. The van der Waals surface area contributed by atoms with E-state index in [0.29, 0.717) is 5.56 Å². The zero-order valence-electron chi connectivity index (χ0n) is 10.8. The molecule has 1 amide bonds. The molecule has 0 bridgehead atoms. The lowest BCUT2D eigenvalue weighted by Crippen LogP contribution is -2.42. The Balaban J connectivity index is 2.85. The largest absolute Gasteiger partial charge is 0.341 e. The Morgan fingerprint density at radius 2 is 2.11 bits per heavy atom. The van der Waals surface area contributed by atoms with Gasteiger partial charge < -0.3 is 10.6 Å². The highest BCUT2D eigenvalue weighted by molar-refractivity contribution is 9.10. The van der Waals surface area contributed by atoms with Crippen molar-refractivity contribution >= 4 is 21.8 Å². The van der Waals surface area contributed by atoms with E-state index in [9.17, 15) is 9.18 Å². The number of rotatable bonds is 4. The van der Waals surface area contributed by atoms with Crippen LogP contribution in [0, 0.1) is 11.2 Å². The lowest BCUT2D eigenvalue weighted by molar-refractivity contribution is -0.139. The number of hydrogen-bond donors (Lipinski definition) is 1. The molecule has 0 saturated carbocycles. The van der Waals surface area contributed by atoms with Gasteiger partial charge in [-0.05, 0) is 32.0 Å². The van der Waals surface area contributed by atoms with Crippen molar-refractivity contribution in [3.63, 3.8) is 0 Å². The molecule has 0 aliphatic rings. The molecule has 0 heterocycles. The van der Waals surface area contributed by atoms with Crippen molar-refractivity contribution in [1.29, 1.82) is 0 Å². The summed E-state index contributed by atoms with van der Waals surface area (Å²) in [7, 11) is 1.65. The number of nitrogens with two attached hydrogens (primary N) is 1. The molecule has 0 atom stereocenters. The van der Waals surface area contributed by atoms with Crippen LogP contribution in [0.2, 0.25) is 0 Å². The third kappa shape index (κ3) is 3.53. The highest BCUT2D eigenvalue weighted by Gasteiger charge is 2.29. The predicted molar refractivity (Wildman–Crippen MR) is 73.4 cm³/mol. The van der Waals surface area contributed by atoms with Gasteiger partial charge in [-0.2, -0.15) is 0 Å². The van der Waals surface area contributed by atoms with Crippen LogP contribution >= 0.6 is 15.9 Å². The summed E-state index contributed by atoms with van der Waals surface area (Å²) >= 11 is 3.29. The van der Waals surface area contributed by atoms with Gasteiger partial charge >= 0.3 is 0 Å². The molecule has 1 rings (SSSR count). The van der Waals surface area contributed by atoms with Crippen molar-refractivity contribution < 1.29 is 9.18 Å². The lowest BCUT2D eigenvalue weighted by Gasteiger charge is -2.28. The molecule has 2 N–H and O–H groups in total. The third-order valence-corrected chi connectivity index (χ3v) is 3.34. The van der Waals surface area contributed by atoms with Crippen LogP contribution in [0.3, 0.4) is 0 Å². The van der Waals surface area contributed by atoms with Crippen LogP contribution in [0.1, 0.15) is 19.4 Å². The van der Waals surface area contributed by atoms with Crippen LogP contribution in [-0.4, -0.2) is 24.4 Å². The molecule has 1 aromatic carbocycles. The van der Waals surface area contributed by atoms with Gasteiger partial charge in [0.05, 0.1) is 5.41 Å². The average molecular weight is 317 g/mol. The molecule has 0 aliphatic heterocycles. The van der Waals surface area contributed by atoms with Crippen molar-refractivity contribution in [2.45, 2.75) is 20.4 Å². The van der Waals surface area contributed by atoms with Crippen LogP contribution in [0.5, 0.6) is 0 Å². The van der Waals surface area contributed by atoms with Crippen molar-refractivity contribution in [2.24, 2.45) is 11.1 Å². The fourth-order valence-corrected chi connectivity index (χ4v) is 2.00. The first-order chi connectivity index (χ1) is 8.27. The minimum absolute atomic E-state index is 0.0932. The van der Waals surface area contributed by atoms with E-state index in [1.165, 1.54) is 11.0 Å². The smallest absolute Gasteiger partial charge is 0.229 e. The predicted octanol–water partition coefficient (Wildman–Crippen LogP) is 2.53. The van der Waals surface area contributed by atoms with Crippen molar-refractivity contribution in [3.8, 4) is 0 Å². The fraction of sp³-hybridized carbons (Fsp3) is 0.462. The van der Waals surface area contributed by atoms with E-state index >= 15 is 0 Å². The summed E-state index contributed by atoms with van der Waals surface area (Å²) in [6, 6.07) is 4.69. The Hall–Kier alpha value is -0.940. The fourth-order valence-electron chi connectivity index (χ4n) is 1.60. The SMILES string of the molecule is CN(Cc1cc(Br)ccc1F)C(=O)C(C)(C)CN. The molecular weight excluding hydrogens is 299 g/mol. The van der Waals surface area contributed by atoms with E-state index in [1.807, 2.05) is 0 Å². The molecule has 18 heavy (non-hydrogen) atoms. The summed E-state index contributed by atoms with van der Waals surface area (Å²) < 4.78 is 14.4. The van der Waals surface area contributed by atoms with Crippen molar-refractivity contribution in [1.82, 2.24) is 4.90 Å². The maximum Gasteiger partial charge on any atom is 0.229 e. The van der Waals surface area contributed by atoms with Crippen LogP contribution in [-0.2, 0) is 11.3 Å². The second-order valence-corrected chi connectivity index (χ2v) is 5.90. The van der Waals surface area contributed by atoms with E-state index in [-0.39, 0.29) is 24.8 Å². The quantitative estimate of drug-likeness (QED) is 0.927. The normalized spacial score (nSPS) is 11.4. The number of amides is 1. The van der Waals surface area contributed by atoms with E-state index in [4.69, 9.17) is 5.73 Å². The maximum atomic E-state index is 13.6. The van der Waals surface area contributed by atoms with Crippen LogP contribution < -0.4 is 5.73 Å². The zero-order valence-corrected chi connectivity index (χ0v) is 12.4. The zero-order chi connectivity index (χ0) is 13.9. The Kier molecular flexibility index (Phi) is 4.87. The summed E-state index contributed by atoms with van der Waals surface area (Å²) in [5, 5.41) is 0. The molecule has 0 aromatic heterocycles. The van der Waals surface area contributed by atoms with Crippen LogP contribution in [0.4, 0.5) is 4.39 Å². The summed E-state index contributed by atoms with van der Waals surface area (Å²) in [5.41, 5.74) is 5.42. The van der Waals surface area contributed by atoms with Gasteiger partial charge in [-0.3, -0.25) is 4.79 Å². The summed E-state index contributed by atoms with van der Waals surface area (Å²) in [6.45, 7) is 4.05. The van der Waals surface area contributed by atoms with Gasteiger partial charge in [0, 0.05) is 30.2 Å². The standard InChI is InChI=1S/C13H18BrFN2O/c1-13(2,8-16)12(18)17(3)7-9-6-10(14)4-5-11(9)15/h4-6H,7-8,16H2,1-3H3. The summed E-state index contributed by atoms with van der Waals surface area (Å²) in [5.74, 6) is -0.409. The van der Waals surface area contributed by atoms with Crippen molar-refractivity contribution in [2.75, 3.05) is 13.6 Å². The van der Waals surface area contributed by atoms with Gasteiger partial charge in [-0.1, -0.05) is 15.9 Å². The average Bonchev–Trinajstić information content (AvgIpc) is 2.32. The number of benzene rings is 1. The molecule has 0 aliphatic carbocycles. The van der Waals surface area contributed by atoms with E-state index in [2.05, 4.69) is 15.9 Å². The van der Waals surface area contributed by atoms with Gasteiger partial charge in [0.15, 0.2) is 0 Å². The molecule has 0 fully saturated rings. The third-order valence-electron chi connectivity index (χ3n) is 2.85. The Morgan fingerprint density at radius 3 is 2.67 bits per heavy atom. The van der Waals surface area contributed by atoms with Gasteiger partial charge in [0.25, 0.3) is 0 Å². The molecule has 0 radical (unpaired) electrons. The number of carbonyl (C=O) groups excluding carboxylic acids is 1. The number of halogens is 2. The van der Waals surface area contributed by atoms with Gasteiger partial charge in [0.2, 0.25) is 5.91 Å². The Bertz CT molecular complexity index is 449. The van der Waals surface area contributed by atoms with Gasteiger partial charge in [0.1, 0.15) is 5.82 Å². The highest BCUT2D eigenvalue weighted by atomic mass is 79.9. The number of carbonyl (C=O) groups is 1. The molecule has 0 saturated heterocycles. The first-order valence-electron chi connectivity index (χ1n) is 5.67. The molecule has 5 heteroatoms. The summed E-state index contributed by atoms with van der Waals surface area (Å²) in [4.78, 5) is 13.6. The van der Waals surface area contributed by atoms with E-state index in [0.717, 1.165) is 4.47 Å². The van der Waals surface area contributed by atoms with E-state index < -0.39 is 5.41 Å². The first-order valence-corrected chi connectivity index (χ1v) is 6.47. The lowest BCUT2D eigenvalue weighted by atomic mass is 9.92. The molecule has 0 spiro atoms. The molecular formula is C13H18BrFN2O. The van der Waals surface area contributed by atoms with Crippen LogP contribution in [0.15, 0.2) is 22.7 Å². The molecule has 1 aromatic rings. The van der Waals surface area contributed by atoms with Crippen molar-refractivity contribution in [3.05, 3.63) is 34.1 Å². The monoisotopic (exact) mass is 316 g/mol. The Labute approximate surface area is 115 Å². The number of hydrogen-bond acceptors (Lipinski definition) is 2. The maximum absolute atomic E-state index is 13.6. The number of nitrogens with zero attached hydrogens (tertiary/aromatic N) is 1. The molecule has 3 nitrogen and oxygen atoms in total. The topological polar surface area (TPSA) is 46.3 Å². The second-order valence-electron chi connectivity index (χ2n) is 4.98. The summed E-state index contributed by atoms with van der Waals surface area (Å²) in [6.07, 6.45) is 0. The van der Waals surface area contributed by atoms with Gasteiger partial charge in [-0.25, -0.2) is 4.39 Å². The second kappa shape index (κ2) is 5.80. The molecule has 100 valence electrons. The minimum Gasteiger partial charge on any atom is -0.341 e. The minimum atomic E-state index is -0.628. The van der Waals surface area contributed by atoms with Gasteiger partial charge in [-0.15, -0.1) is 0 Å². The highest BCUT2D eigenvalue weighted by Crippen LogP contribution is 2.20. The van der Waals surface area contributed by atoms with Crippen LogP contribution in [0.25, 0.3) is 0 Å². The Morgan fingerprint density at radius 1 is 1.50 bits per heavy atom. The molecule has 0 unspecified atom stereocenters.